The zero-order valence-electron chi connectivity index (χ0n) is 8.29. The van der Waals surface area contributed by atoms with Crippen molar-refractivity contribution in [2.45, 2.75) is 6.92 Å². The number of hydrogen-bond donors (Lipinski definition) is 0. The van der Waals surface area contributed by atoms with Crippen molar-refractivity contribution in [1.29, 1.82) is 5.26 Å². The smallest absolute Gasteiger partial charge is 0.155 e. The van der Waals surface area contributed by atoms with E-state index in [0.29, 0.717) is 15.7 Å². The number of thiazole rings is 1. The molecule has 0 bridgehead atoms. The highest BCUT2D eigenvalue weighted by molar-refractivity contribution is 7.15. The molecule has 0 aliphatic carbocycles. The lowest BCUT2D eigenvalue weighted by atomic mass is 10.2. The normalized spacial score (nSPS) is 10.1. The molecular formula is C11H6Cl2N2S. The minimum absolute atomic E-state index is 0.464. The van der Waals surface area contributed by atoms with Gasteiger partial charge in [-0.05, 0) is 19.1 Å². The van der Waals surface area contributed by atoms with Gasteiger partial charge in [0.2, 0.25) is 0 Å². The molecule has 2 rings (SSSR count). The van der Waals surface area contributed by atoms with Crippen molar-refractivity contribution >= 4 is 34.5 Å². The molecule has 0 aliphatic heterocycles. The van der Waals surface area contributed by atoms with E-state index in [1.165, 1.54) is 11.3 Å². The van der Waals surface area contributed by atoms with Crippen LogP contribution in [0.4, 0.5) is 0 Å². The fraction of sp³-hybridized carbons (Fsp3) is 0.0909. The van der Waals surface area contributed by atoms with Crippen LogP contribution >= 0.6 is 34.5 Å². The maximum absolute atomic E-state index is 8.82. The fourth-order valence-electron chi connectivity index (χ4n) is 1.25. The Kier molecular flexibility index (Phi) is 3.15. The van der Waals surface area contributed by atoms with Crippen LogP contribution in [-0.4, -0.2) is 4.98 Å². The standard InChI is InChI=1S/C11H6Cl2N2S/c1-6-10(5-14)15-11(16-6)7-2-3-8(12)9(13)4-7/h2-4H,1H3. The Morgan fingerprint density at radius 1 is 1.31 bits per heavy atom. The van der Waals surface area contributed by atoms with Gasteiger partial charge in [-0.15, -0.1) is 11.3 Å². The summed E-state index contributed by atoms with van der Waals surface area (Å²) in [5.74, 6) is 0. The molecular weight excluding hydrogens is 263 g/mol. The molecule has 0 amide bonds. The first-order valence-electron chi connectivity index (χ1n) is 4.45. The van der Waals surface area contributed by atoms with Gasteiger partial charge in [-0.3, -0.25) is 0 Å². The van der Waals surface area contributed by atoms with Gasteiger partial charge in [0.15, 0.2) is 5.69 Å². The monoisotopic (exact) mass is 268 g/mol. The van der Waals surface area contributed by atoms with Crippen molar-refractivity contribution in [2.24, 2.45) is 0 Å². The van der Waals surface area contributed by atoms with Gasteiger partial charge in [0.25, 0.3) is 0 Å². The highest BCUT2D eigenvalue weighted by Gasteiger charge is 2.09. The van der Waals surface area contributed by atoms with E-state index >= 15 is 0 Å². The minimum atomic E-state index is 0.464. The molecule has 80 valence electrons. The highest BCUT2D eigenvalue weighted by Crippen LogP contribution is 2.31. The predicted octanol–water partition coefficient (Wildman–Crippen LogP) is 4.30. The summed E-state index contributed by atoms with van der Waals surface area (Å²) in [5, 5.41) is 10.6. The predicted molar refractivity (Wildman–Crippen MR) is 67.0 cm³/mol. The molecule has 0 spiro atoms. The number of nitriles is 1. The van der Waals surface area contributed by atoms with Crippen molar-refractivity contribution in [3.05, 3.63) is 38.8 Å². The lowest BCUT2D eigenvalue weighted by Gasteiger charge is -1.98. The van der Waals surface area contributed by atoms with Crippen LogP contribution in [0, 0.1) is 18.3 Å². The molecule has 1 aromatic carbocycles. The van der Waals surface area contributed by atoms with Gasteiger partial charge >= 0.3 is 0 Å². The molecule has 2 nitrogen and oxygen atoms in total. The summed E-state index contributed by atoms with van der Waals surface area (Å²) in [5.41, 5.74) is 1.34. The third-order valence-electron chi connectivity index (χ3n) is 2.07. The van der Waals surface area contributed by atoms with Gasteiger partial charge in [0.1, 0.15) is 11.1 Å². The molecule has 0 saturated carbocycles. The number of hydrogen-bond acceptors (Lipinski definition) is 3. The molecule has 0 atom stereocenters. The molecule has 1 heterocycles. The second-order valence-corrected chi connectivity index (χ2v) is 5.18. The molecule has 0 saturated heterocycles. The molecule has 0 radical (unpaired) electrons. The summed E-state index contributed by atoms with van der Waals surface area (Å²) < 4.78 is 0. The number of benzene rings is 1. The number of rotatable bonds is 1. The SMILES string of the molecule is Cc1sc(-c2ccc(Cl)c(Cl)c2)nc1C#N. The van der Waals surface area contributed by atoms with E-state index in [1.807, 2.05) is 13.0 Å². The first kappa shape index (κ1) is 11.4. The molecule has 5 heteroatoms. The van der Waals surface area contributed by atoms with E-state index in [4.69, 9.17) is 28.5 Å². The third-order valence-corrected chi connectivity index (χ3v) is 3.83. The number of aromatic nitrogens is 1. The van der Waals surface area contributed by atoms with E-state index in [0.717, 1.165) is 15.4 Å². The Balaban J connectivity index is 2.51. The maximum Gasteiger partial charge on any atom is 0.155 e. The average molecular weight is 269 g/mol. The van der Waals surface area contributed by atoms with Gasteiger partial charge < -0.3 is 0 Å². The molecule has 1 aromatic heterocycles. The summed E-state index contributed by atoms with van der Waals surface area (Å²) in [6.45, 7) is 1.87. The Labute approximate surface area is 107 Å². The van der Waals surface area contributed by atoms with Crippen LogP contribution in [0.25, 0.3) is 10.6 Å². The molecule has 2 aromatic rings. The van der Waals surface area contributed by atoms with Gasteiger partial charge in [0, 0.05) is 10.4 Å². The van der Waals surface area contributed by atoms with Gasteiger partial charge in [0.05, 0.1) is 10.0 Å². The van der Waals surface area contributed by atoms with Crippen LogP contribution < -0.4 is 0 Å². The van der Waals surface area contributed by atoms with E-state index in [2.05, 4.69) is 11.1 Å². The van der Waals surface area contributed by atoms with Crippen LogP contribution in [0.3, 0.4) is 0 Å². The second kappa shape index (κ2) is 4.42. The first-order chi connectivity index (χ1) is 7.61. The van der Waals surface area contributed by atoms with Crippen LogP contribution in [0.15, 0.2) is 18.2 Å². The quantitative estimate of drug-likeness (QED) is 0.774. The largest absolute Gasteiger partial charge is 0.225 e. The zero-order chi connectivity index (χ0) is 11.7. The number of halogens is 2. The number of nitrogens with zero attached hydrogens (tertiary/aromatic N) is 2. The molecule has 0 aliphatic rings. The Morgan fingerprint density at radius 3 is 2.62 bits per heavy atom. The van der Waals surface area contributed by atoms with Crippen molar-refractivity contribution in [3.63, 3.8) is 0 Å². The topological polar surface area (TPSA) is 36.7 Å². The van der Waals surface area contributed by atoms with Crippen molar-refractivity contribution in [1.82, 2.24) is 4.98 Å². The Hall–Kier alpha value is -1.08. The summed E-state index contributed by atoms with van der Waals surface area (Å²) >= 11 is 13.2. The molecule has 0 fully saturated rings. The zero-order valence-corrected chi connectivity index (χ0v) is 10.6. The number of aryl methyl sites for hydroxylation is 1. The van der Waals surface area contributed by atoms with Gasteiger partial charge in [-0.25, -0.2) is 4.98 Å². The van der Waals surface area contributed by atoms with Crippen molar-refractivity contribution in [3.8, 4) is 16.6 Å². The average Bonchev–Trinajstić information content (AvgIpc) is 2.64. The second-order valence-electron chi connectivity index (χ2n) is 3.16. The Morgan fingerprint density at radius 2 is 2.06 bits per heavy atom. The van der Waals surface area contributed by atoms with Gasteiger partial charge in [-0.1, -0.05) is 29.3 Å². The minimum Gasteiger partial charge on any atom is -0.225 e. The van der Waals surface area contributed by atoms with Gasteiger partial charge in [-0.2, -0.15) is 5.26 Å². The summed E-state index contributed by atoms with van der Waals surface area (Å²) in [6, 6.07) is 7.37. The molecule has 0 unspecified atom stereocenters. The fourth-order valence-corrected chi connectivity index (χ4v) is 2.41. The summed E-state index contributed by atoms with van der Waals surface area (Å²) in [4.78, 5) is 5.13. The van der Waals surface area contributed by atoms with E-state index in [1.54, 1.807) is 12.1 Å². The van der Waals surface area contributed by atoms with Crippen molar-refractivity contribution in [2.75, 3.05) is 0 Å². The third kappa shape index (κ3) is 2.05. The van der Waals surface area contributed by atoms with Crippen molar-refractivity contribution < 1.29 is 0 Å². The maximum atomic E-state index is 8.82. The van der Waals surface area contributed by atoms with E-state index < -0.39 is 0 Å². The summed E-state index contributed by atoms with van der Waals surface area (Å²) in [6.07, 6.45) is 0. The van der Waals surface area contributed by atoms with Crippen LogP contribution in [0.1, 0.15) is 10.6 Å². The highest BCUT2D eigenvalue weighted by atomic mass is 35.5. The van der Waals surface area contributed by atoms with E-state index in [9.17, 15) is 0 Å². The first-order valence-corrected chi connectivity index (χ1v) is 6.02. The van der Waals surface area contributed by atoms with Crippen LogP contribution in [0.5, 0.6) is 0 Å². The van der Waals surface area contributed by atoms with E-state index in [-0.39, 0.29) is 0 Å². The van der Waals surface area contributed by atoms with Crippen LogP contribution in [0.2, 0.25) is 10.0 Å². The van der Waals surface area contributed by atoms with Crippen LogP contribution in [-0.2, 0) is 0 Å². The lowest BCUT2D eigenvalue weighted by molar-refractivity contribution is 1.30. The molecule has 16 heavy (non-hydrogen) atoms. The molecule has 0 N–H and O–H groups in total. The lowest BCUT2D eigenvalue weighted by Crippen LogP contribution is -1.79. The summed E-state index contributed by atoms with van der Waals surface area (Å²) in [7, 11) is 0. The Bertz CT molecular complexity index is 584.